The second-order valence-corrected chi connectivity index (χ2v) is 6.95. The number of anilines is 1. The lowest BCUT2D eigenvalue weighted by Crippen LogP contribution is -2.06. The lowest BCUT2D eigenvalue weighted by molar-refractivity contribution is 0.411. The number of methoxy groups -OCH3 is 1. The van der Waals surface area contributed by atoms with Gasteiger partial charge in [-0.05, 0) is 30.3 Å². The Kier molecular flexibility index (Phi) is 6.49. The van der Waals surface area contributed by atoms with Gasteiger partial charge in [-0.1, -0.05) is 24.3 Å². The van der Waals surface area contributed by atoms with Gasteiger partial charge in [0, 0.05) is 29.0 Å². The number of ether oxygens (including phenoxy) is 1. The van der Waals surface area contributed by atoms with E-state index < -0.39 is 11.6 Å². The molecule has 33 heavy (non-hydrogen) atoms. The summed E-state index contributed by atoms with van der Waals surface area (Å²) in [4.78, 5) is 12.3. The molecule has 9 heteroatoms. The number of para-hydroxylation sites is 1. The van der Waals surface area contributed by atoms with Crippen LogP contribution in [0.2, 0.25) is 0 Å². The molecule has 7 nitrogen and oxygen atoms in total. The lowest BCUT2D eigenvalue weighted by Gasteiger charge is -2.06. The zero-order valence-corrected chi connectivity index (χ0v) is 17.7. The van der Waals surface area contributed by atoms with Gasteiger partial charge >= 0.3 is 0 Å². The molecular formula is C24H20F2N6O. The fraction of sp³-hybridized carbons (Fsp3) is 0.0833. The Hall–Kier alpha value is -4.40. The molecule has 5 rings (SSSR count). The first-order valence-electron chi connectivity index (χ1n) is 9.97. The highest BCUT2D eigenvalue weighted by Crippen LogP contribution is 2.27. The third kappa shape index (κ3) is 4.93. The van der Waals surface area contributed by atoms with E-state index in [2.05, 4.69) is 20.1 Å². The van der Waals surface area contributed by atoms with E-state index in [0.717, 1.165) is 16.6 Å². The van der Waals surface area contributed by atoms with Crippen molar-refractivity contribution in [2.45, 2.75) is 6.54 Å². The molecule has 0 aliphatic carbocycles. The summed E-state index contributed by atoms with van der Waals surface area (Å²) in [6.07, 6.45) is 6.42. The highest BCUT2D eigenvalue weighted by Gasteiger charge is 2.17. The predicted molar refractivity (Wildman–Crippen MR) is 121 cm³/mol. The summed E-state index contributed by atoms with van der Waals surface area (Å²) in [6, 6.07) is 14.7. The van der Waals surface area contributed by atoms with E-state index in [0.29, 0.717) is 17.3 Å². The maximum Gasteiger partial charge on any atom is 0.180 e. The first kappa shape index (κ1) is 21.8. The van der Waals surface area contributed by atoms with E-state index >= 15 is 0 Å². The normalized spacial score (nSPS) is 10.5. The molecule has 0 radical (unpaired) electrons. The zero-order chi connectivity index (χ0) is 23.2. The minimum atomic E-state index is -0.605. The molecule has 0 atom stereocenters. The predicted octanol–water partition coefficient (Wildman–Crippen LogP) is 4.49. The average Bonchev–Trinajstić information content (AvgIpc) is 3.21. The number of rotatable bonds is 4. The van der Waals surface area contributed by atoms with E-state index in [1.54, 1.807) is 41.6 Å². The van der Waals surface area contributed by atoms with Crippen LogP contribution in [-0.4, -0.2) is 31.8 Å². The molecule has 3 aromatic heterocycles. The van der Waals surface area contributed by atoms with Gasteiger partial charge in [0.25, 0.3) is 0 Å². The molecule has 3 heterocycles. The molecule has 2 aromatic carbocycles. The van der Waals surface area contributed by atoms with Crippen LogP contribution < -0.4 is 10.5 Å². The Morgan fingerprint density at radius 1 is 0.909 bits per heavy atom. The van der Waals surface area contributed by atoms with Gasteiger partial charge in [-0.15, -0.1) is 0 Å². The van der Waals surface area contributed by atoms with Crippen LogP contribution in [0.15, 0.2) is 79.4 Å². The highest BCUT2D eigenvalue weighted by atomic mass is 19.1. The van der Waals surface area contributed by atoms with E-state index in [1.807, 2.05) is 24.3 Å². The summed E-state index contributed by atoms with van der Waals surface area (Å²) < 4.78 is 34.7. The molecule has 0 amide bonds. The van der Waals surface area contributed by atoms with Gasteiger partial charge in [-0.25, -0.2) is 18.7 Å². The molecule has 0 unspecified atom stereocenters. The number of hydrogen-bond donors (Lipinski definition) is 1. The van der Waals surface area contributed by atoms with Crippen LogP contribution in [0.25, 0.3) is 22.4 Å². The summed E-state index contributed by atoms with van der Waals surface area (Å²) in [7, 11) is 1.53. The van der Waals surface area contributed by atoms with E-state index in [9.17, 15) is 8.78 Å². The van der Waals surface area contributed by atoms with Crippen molar-refractivity contribution < 1.29 is 13.5 Å². The second-order valence-electron chi connectivity index (χ2n) is 6.95. The quantitative estimate of drug-likeness (QED) is 0.437. The third-order valence-corrected chi connectivity index (χ3v) is 4.81. The molecule has 166 valence electrons. The number of nitrogen functional groups attached to an aromatic ring is 1. The van der Waals surface area contributed by atoms with Gasteiger partial charge in [0.1, 0.15) is 17.3 Å². The minimum Gasteiger partial charge on any atom is -0.494 e. The van der Waals surface area contributed by atoms with Gasteiger partial charge in [0.15, 0.2) is 11.6 Å². The Morgan fingerprint density at radius 3 is 2.18 bits per heavy atom. The highest BCUT2D eigenvalue weighted by molar-refractivity contribution is 5.91. The van der Waals surface area contributed by atoms with Crippen LogP contribution in [-0.2, 0) is 6.54 Å². The van der Waals surface area contributed by atoms with E-state index in [4.69, 9.17) is 10.5 Å². The molecular weight excluding hydrogens is 426 g/mol. The molecule has 0 bridgehead atoms. The molecule has 2 N–H and O–H groups in total. The molecule has 0 aliphatic heterocycles. The number of nitrogens with zero attached hydrogens (tertiary/aromatic N) is 5. The maximum atomic E-state index is 14.0. The minimum absolute atomic E-state index is 0.0326. The number of halogens is 2. The van der Waals surface area contributed by atoms with Crippen molar-refractivity contribution >= 4 is 16.6 Å². The van der Waals surface area contributed by atoms with Gasteiger partial charge < -0.3 is 10.5 Å². The van der Waals surface area contributed by atoms with Crippen molar-refractivity contribution in [3.05, 3.63) is 96.6 Å². The molecule has 5 aromatic rings. The maximum absolute atomic E-state index is 14.0. The van der Waals surface area contributed by atoms with Crippen LogP contribution in [0.1, 0.15) is 5.56 Å². The van der Waals surface area contributed by atoms with Crippen LogP contribution >= 0.6 is 0 Å². The molecule has 0 spiro atoms. The van der Waals surface area contributed by atoms with Gasteiger partial charge in [0.2, 0.25) is 0 Å². The van der Waals surface area contributed by atoms with Gasteiger partial charge in [-0.2, -0.15) is 5.10 Å². The Bertz CT molecular complexity index is 1340. The number of aromatic nitrogens is 5. The summed E-state index contributed by atoms with van der Waals surface area (Å²) in [5, 5.41) is 5.31. The van der Waals surface area contributed by atoms with Gasteiger partial charge in [0.05, 0.1) is 31.6 Å². The third-order valence-electron chi connectivity index (χ3n) is 4.81. The van der Waals surface area contributed by atoms with Crippen molar-refractivity contribution in [1.29, 1.82) is 0 Å². The van der Waals surface area contributed by atoms with Crippen molar-refractivity contribution in [2.75, 3.05) is 12.8 Å². The summed E-state index contributed by atoms with van der Waals surface area (Å²) in [6.45, 7) is -0.0326. The van der Waals surface area contributed by atoms with Crippen molar-refractivity contribution in [1.82, 2.24) is 24.7 Å². The standard InChI is InChI=1S/C19H14F2N4O.C5H6N2/c1-26-12-9-22-19(23-10-12)18-13-5-2-3-8-17(13)25(24-18)11-14-15(20)6-4-7-16(14)21;6-5-1-3-7-4-2-5/h2-10H,11H2,1H3;1-4H,(H2,6,7). The van der Waals surface area contributed by atoms with Gasteiger partial charge in [-0.3, -0.25) is 9.67 Å². The zero-order valence-electron chi connectivity index (χ0n) is 17.7. The molecule has 0 aliphatic rings. The SMILES string of the molecule is COc1cnc(-c2nn(Cc3c(F)cccc3F)c3ccccc23)nc1.Nc1ccncc1. The first-order chi connectivity index (χ1) is 16.1. The second kappa shape index (κ2) is 9.82. The Balaban J connectivity index is 0.000000318. The number of pyridine rings is 1. The number of fused-ring (bicyclic) bond motifs is 1. The van der Waals surface area contributed by atoms with E-state index in [-0.39, 0.29) is 12.1 Å². The summed E-state index contributed by atoms with van der Waals surface area (Å²) in [5.74, 6) is -0.265. The van der Waals surface area contributed by atoms with Crippen LogP contribution in [0.5, 0.6) is 5.75 Å². The first-order valence-corrected chi connectivity index (χ1v) is 9.97. The Labute approximate surface area is 188 Å². The average molecular weight is 446 g/mol. The fourth-order valence-corrected chi connectivity index (χ4v) is 3.15. The monoisotopic (exact) mass is 446 g/mol. The van der Waals surface area contributed by atoms with Crippen LogP contribution in [0, 0.1) is 11.6 Å². The lowest BCUT2D eigenvalue weighted by atomic mass is 10.2. The molecule has 0 fully saturated rings. The summed E-state index contributed by atoms with van der Waals surface area (Å²) in [5.41, 5.74) is 7.32. The van der Waals surface area contributed by atoms with Crippen molar-refractivity contribution in [3.8, 4) is 17.3 Å². The van der Waals surface area contributed by atoms with Crippen LogP contribution in [0.4, 0.5) is 14.5 Å². The summed E-state index contributed by atoms with van der Waals surface area (Å²) >= 11 is 0. The molecule has 0 saturated carbocycles. The Morgan fingerprint density at radius 2 is 1.58 bits per heavy atom. The topological polar surface area (TPSA) is 91.7 Å². The smallest absolute Gasteiger partial charge is 0.180 e. The van der Waals surface area contributed by atoms with Crippen LogP contribution in [0.3, 0.4) is 0 Å². The number of nitrogens with two attached hydrogens (primary N) is 1. The fourth-order valence-electron chi connectivity index (χ4n) is 3.15. The number of hydrogen-bond acceptors (Lipinski definition) is 6. The van der Waals surface area contributed by atoms with Crippen molar-refractivity contribution in [2.24, 2.45) is 0 Å². The molecule has 0 saturated heterocycles. The van der Waals surface area contributed by atoms with E-state index in [1.165, 1.54) is 25.3 Å². The number of benzene rings is 2. The van der Waals surface area contributed by atoms with Crippen molar-refractivity contribution in [3.63, 3.8) is 0 Å². The largest absolute Gasteiger partial charge is 0.494 e.